The molecule has 7 nitrogen and oxygen atoms in total. The molecule has 0 amide bonds. The molecule has 0 aliphatic carbocycles. The second-order valence-electron chi connectivity index (χ2n) is 4.25. The number of halogens is 1. The Labute approximate surface area is 128 Å². The van der Waals surface area contributed by atoms with Crippen LogP contribution in [0.4, 0.5) is 0 Å². The molecule has 0 aliphatic rings. The van der Waals surface area contributed by atoms with Crippen molar-refractivity contribution in [1.82, 2.24) is 0 Å². The number of nitrogens with zero attached hydrogens (tertiary/aromatic N) is 1. The molecular weight excluding hydrogens is 300 g/mol. The molecule has 2 unspecified atom stereocenters. The summed E-state index contributed by atoms with van der Waals surface area (Å²) in [7, 11) is 0. The summed E-state index contributed by atoms with van der Waals surface area (Å²) in [6.07, 6.45) is -0.265. The summed E-state index contributed by atoms with van der Waals surface area (Å²) < 4.78 is 4.89. The highest BCUT2D eigenvalue weighted by atomic mass is 35.5. The average molecular weight is 319 g/mol. The van der Waals surface area contributed by atoms with Gasteiger partial charge in [-0.1, -0.05) is 37.3 Å². The van der Waals surface area contributed by atoms with Crippen molar-refractivity contribution < 1.29 is 19.5 Å². The molecule has 0 fully saturated rings. The van der Waals surface area contributed by atoms with Crippen LogP contribution in [0.15, 0.2) is 30.3 Å². The highest BCUT2D eigenvalue weighted by molar-refractivity contribution is 5.85. The quantitative estimate of drug-likeness (QED) is 0.442. The minimum Gasteiger partial charge on any atom is -0.464 e. The van der Waals surface area contributed by atoms with Crippen LogP contribution < -0.4 is 5.73 Å². The lowest BCUT2D eigenvalue weighted by Crippen LogP contribution is -2.46. The Morgan fingerprint density at radius 2 is 2.00 bits per heavy atom. The maximum Gasteiger partial charge on any atom is 0.325 e. The maximum atomic E-state index is 11.7. The SMILES string of the molecule is CCCOC(=O)C(N)C(Cc1ccccc1)O[N+](=O)[O-].Cl. The Kier molecular flexibility index (Phi) is 9.07. The van der Waals surface area contributed by atoms with Gasteiger partial charge in [0.1, 0.15) is 12.1 Å². The van der Waals surface area contributed by atoms with Crippen LogP contribution in [0.3, 0.4) is 0 Å². The number of carbonyl (C=O) groups is 1. The van der Waals surface area contributed by atoms with Crippen molar-refractivity contribution in [2.75, 3.05) is 6.61 Å². The molecule has 1 aromatic carbocycles. The van der Waals surface area contributed by atoms with Crippen LogP contribution in [-0.2, 0) is 20.8 Å². The van der Waals surface area contributed by atoms with Gasteiger partial charge in [-0.2, -0.15) is 0 Å². The number of benzene rings is 1. The van der Waals surface area contributed by atoms with E-state index in [1.54, 1.807) is 24.3 Å². The van der Waals surface area contributed by atoms with E-state index in [0.717, 1.165) is 5.56 Å². The zero-order valence-electron chi connectivity index (χ0n) is 11.6. The fraction of sp³-hybridized carbons (Fsp3) is 0.462. The van der Waals surface area contributed by atoms with Gasteiger partial charge in [-0.05, 0) is 12.0 Å². The molecule has 0 bridgehead atoms. The number of rotatable bonds is 8. The summed E-state index contributed by atoms with van der Waals surface area (Å²) in [6.45, 7) is 2.07. The Morgan fingerprint density at radius 1 is 1.38 bits per heavy atom. The van der Waals surface area contributed by atoms with Crippen molar-refractivity contribution >= 4 is 18.4 Å². The van der Waals surface area contributed by atoms with E-state index < -0.39 is 23.2 Å². The molecule has 0 aromatic heterocycles. The van der Waals surface area contributed by atoms with Gasteiger partial charge in [0.15, 0.2) is 0 Å². The first kappa shape index (κ1) is 19.1. The zero-order chi connectivity index (χ0) is 15.0. The van der Waals surface area contributed by atoms with Gasteiger partial charge in [0.05, 0.1) is 6.61 Å². The predicted molar refractivity (Wildman–Crippen MR) is 78.5 cm³/mol. The van der Waals surface area contributed by atoms with Crippen LogP contribution in [0.25, 0.3) is 0 Å². The second kappa shape index (κ2) is 9.95. The molecule has 1 rings (SSSR count). The van der Waals surface area contributed by atoms with Crippen molar-refractivity contribution in [2.45, 2.75) is 31.9 Å². The number of hydrogen-bond acceptors (Lipinski definition) is 6. The van der Waals surface area contributed by atoms with Gasteiger partial charge in [0, 0.05) is 6.42 Å². The van der Waals surface area contributed by atoms with Gasteiger partial charge >= 0.3 is 5.97 Å². The third-order valence-corrected chi connectivity index (χ3v) is 2.62. The van der Waals surface area contributed by atoms with Gasteiger partial charge in [-0.15, -0.1) is 22.5 Å². The van der Waals surface area contributed by atoms with Crippen LogP contribution in [0.5, 0.6) is 0 Å². The summed E-state index contributed by atoms with van der Waals surface area (Å²) in [6, 6.07) is 7.76. The lowest BCUT2D eigenvalue weighted by Gasteiger charge is -2.20. The van der Waals surface area contributed by atoms with E-state index in [-0.39, 0.29) is 25.4 Å². The number of esters is 1. The minimum atomic E-state index is -1.20. The van der Waals surface area contributed by atoms with E-state index in [1.165, 1.54) is 0 Å². The Hall–Kier alpha value is -1.86. The molecule has 0 aliphatic heterocycles. The molecule has 0 radical (unpaired) electrons. The first-order chi connectivity index (χ1) is 9.54. The van der Waals surface area contributed by atoms with Crippen LogP contribution in [0.1, 0.15) is 18.9 Å². The number of nitrogens with two attached hydrogens (primary N) is 1. The minimum absolute atomic E-state index is 0. The summed E-state index contributed by atoms with van der Waals surface area (Å²) in [5.74, 6) is -0.699. The van der Waals surface area contributed by atoms with Crippen LogP contribution in [0, 0.1) is 10.1 Å². The van der Waals surface area contributed by atoms with Crippen molar-refractivity contribution in [3.63, 3.8) is 0 Å². The third kappa shape index (κ3) is 6.92. The Balaban J connectivity index is 0.00000400. The number of carbonyl (C=O) groups excluding carboxylic acids is 1. The number of ether oxygens (including phenoxy) is 1. The second-order valence-corrected chi connectivity index (χ2v) is 4.25. The molecule has 0 saturated heterocycles. The van der Waals surface area contributed by atoms with E-state index in [1.807, 2.05) is 13.0 Å². The normalized spacial score (nSPS) is 12.7. The van der Waals surface area contributed by atoms with Crippen LogP contribution in [0.2, 0.25) is 0 Å². The van der Waals surface area contributed by atoms with E-state index >= 15 is 0 Å². The lowest BCUT2D eigenvalue weighted by molar-refractivity contribution is -0.768. The largest absolute Gasteiger partial charge is 0.464 e. The molecule has 0 saturated carbocycles. The smallest absolute Gasteiger partial charge is 0.325 e. The molecule has 2 N–H and O–H groups in total. The topological polar surface area (TPSA) is 105 Å². The monoisotopic (exact) mass is 318 g/mol. The van der Waals surface area contributed by atoms with Crippen molar-refractivity contribution in [3.05, 3.63) is 46.0 Å². The highest BCUT2D eigenvalue weighted by Gasteiger charge is 2.29. The van der Waals surface area contributed by atoms with Crippen molar-refractivity contribution in [3.8, 4) is 0 Å². The fourth-order valence-corrected chi connectivity index (χ4v) is 1.64. The molecule has 2 atom stereocenters. The maximum absolute atomic E-state index is 11.7. The zero-order valence-corrected chi connectivity index (χ0v) is 12.5. The van der Waals surface area contributed by atoms with Gasteiger partial charge in [0.25, 0.3) is 5.09 Å². The van der Waals surface area contributed by atoms with Crippen molar-refractivity contribution in [2.24, 2.45) is 5.73 Å². The third-order valence-electron chi connectivity index (χ3n) is 2.62. The van der Waals surface area contributed by atoms with Crippen molar-refractivity contribution in [1.29, 1.82) is 0 Å². The molecule has 0 spiro atoms. The summed E-state index contributed by atoms with van der Waals surface area (Å²) in [5.41, 5.74) is 6.48. The van der Waals surface area contributed by atoms with Gasteiger partial charge in [0.2, 0.25) is 0 Å². The molecule has 8 heteroatoms. The van der Waals surface area contributed by atoms with E-state index in [4.69, 9.17) is 10.5 Å². The van der Waals surface area contributed by atoms with Crippen LogP contribution in [-0.4, -0.2) is 29.8 Å². The average Bonchev–Trinajstić information content (AvgIpc) is 2.44. The lowest BCUT2D eigenvalue weighted by atomic mass is 10.0. The van der Waals surface area contributed by atoms with Crippen LogP contribution >= 0.6 is 12.4 Å². The van der Waals surface area contributed by atoms with Gasteiger partial charge in [-0.25, -0.2) is 0 Å². The fourth-order valence-electron chi connectivity index (χ4n) is 1.64. The molecule has 21 heavy (non-hydrogen) atoms. The first-order valence-electron chi connectivity index (χ1n) is 6.32. The molecule has 0 heterocycles. The number of hydrogen-bond donors (Lipinski definition) is 1. The van der Waals surface area contributed by atoms with Gasteiger partial charge < -0.3 is 15.3 Å². The van der Waals surface area contributed by atoms with E-state index in [9.17, 15) is 14.9 Å². The predicted octanol–water partition coefficient (Wildman–Crippen LogP) is 1.51. The summed E-state index contributed by atoms with van der Waals surface area (Å²) in [4.78, 5) is 26.7. The highest BCUT2D eigenvalue weighted by Crippen LogP contribution is 2.10. The van der Waals surface area contributed by atoms with E-state index in [2.05, 4.69) is 4.84 Å². The van der Waals surface area contributed by atoms with Gasteiger partial charge in [-0.3, -0.25) is 4.79 Å². The summed E-state index contributed by atoms with van der Waals surface area (Å²) in [5, 5.41) is 9.57. The Morgan fingerprint density at radius 3 is 2.52 bits per heavy atom. The summed E-state index contributed by atoms with van der Waals surface area (Å²) >= 11 is 0. The molecule has 1 aromatic rings. The standard InChI is InChI=1S/C13H18N2O5.ClH/c1-2-8-19-13(16)12(14)11(20-15(17)18)9-10-6-4-3-5-7-10;/h3-7,11-12H,2,8-9,14H2,1H3;1H. The first-order valence-corrected chi connectivity index (χ1v) is 6.32. The Bertz CT molecular complexity index is 443. The molecular formula is C13H19ClN2O5. The molecule has 118 valence electrons. The van der Waals surface area contributed by atoms with E-state index in [0.29, 0.717) is 6.42 Å².